The quantitative estimate of drug-likeness (QED) is 0.463. The van der Waals surface area contributed by atoms with Crippen LogP contribution < -0.4 is 10.5 Å². The topological polar surface area (TPSA) is 105 Å². The molecule has 1 aromatic rings. The van der Waals surface area contributed by atoms with Crippen molar-refractivity contribution in [3.8, 4) is 5.75 Å². The van der Waals surface area contributed by atoms with Crippen molar-refractivity contribution in [1.82, 2.24) is 0 Å². The molecule has 0 aliphatic rings. The third kappa shape index (κ3) is 4.20. The number of benzene rings is 1. The lowest BCUT2D eigenvalue weighted by Gasteiger charge is -2.22. The highest BCUT2D eigenvalue weighted by Crippen LogP contribution is 2.26. The molecule has 0 aliphatic carbocycles. The lowest BCUT2D eigenvalue weighted by Crippen LogP contribution is -2.47. The van der Waals surface area contributed by atoms with Gasteiger partial charge in [0, 0.05) is 12.5 Å². The Kier molecular flexibility index (Phi) is 5.45. The molecule has 0 saturated heterocycles. The SMILES string of the molecule is CCOC(=O)C(C)(N)CCOc1ccccc1[N+](=O)[O-]. The minimum atomic E-state index is -1.18. The van der Waals surface area contributed by atoms with Crippen LogP contribution in [0.1, 0.15) is 20.3 Å². The van der Waals surface area contributed by atoms with Crippen molar-refractivity contribution in [1.29, 1.82) is 0 Å². The highest BCUT2D eigenvalue weighted by molar-refractivity contribution is 5.79. The number of carbonyl (C=O) groups is 1. The van der Waals surface area contributed by atoms with Crippen LogP contribution in [0.4, 0.5) is 5.69 Å². The molecule has 2 N–H and O–H groups in total. The van der Waals surface area contributed by atoms with Gasteiger partial charge in [-0.05, 0) is 19.9 Å². The minimum Gasteiger partial charge on any atom is -0.487 e. The van der Waals surface area contributed by atoms with Gasteiger partial charge in [-0.15, -0.1) is 0 Å². The summed E-state index contributed by atoms with van der Waals surface area (Å²) in [4.78, 5) is 21.8. The van der Waals surface area contributed by atoms with Crippen molar-refractivity contribution in [2.24, 2.45) is 5.73 Å². The maximum Gasteiger partial charge on any atom is 0.325 e. The van der Waals surface area contributed by atoms with Crippen LogP contribution in [0.25, 0.3) is 0 Å². The van der Waals surface area contributed by atoms with E-state index in [4.69, 9.17) is 15.2 Å². The molecule has 0 radical (unpaired) electrons. The molecule has 0 aromatic heterocycles. The largest absolute Gasteiger partial charge is 0.487 e. The molecule has 7 nitrogen and oxygen atoms in total. The van der Waals surface area contributed by atoms with Gasteiger partial charge in [0.25, 0.3) is 0 Å². The van der Waals surface area contributed by atoms with E-state index in [9.17, 15) is 14.9 Å². The van der Waals surface area contributed by atoms with E-state index in [1.54, 1.807) is 19.1 Å². The molecule has 0 saturated carbocycles. The van der Waals surface area contributed by atoms with Gasteiger partial charge in [-0.1, -0.05) is 12.1 Å². The van der Waals surface area contributed by atoms with Gasteiger partial charge in [-0.3, -0.25) is 14.9 Å². The monoisotopic (exact) mass is 282 g/mol. The van der Waals surface area contributed by atoms with Crippen LogP contribution in [0, 0.1) is 10.1 Å². The summed E-state index contributed by atoms with van der Waals surface area (Å²) in [5.74, 6) is -0.372. The average Bonchev–Trinajstić information content (AvgIpc) is 2.39. The van der Waals surface area contributed by atoms with Gasteiger partial charge in [0.2, 0.25) is 0 Å². The van der Waals surface area contributed by atoms with Gasteiger partial charge in [0.1, 0.15) is 5.54 Å². The second-order valence-electron chi connectivity index (χ2n) is 4.46. The standard InChI is InChI=1S/C13H18N2O5/c1-3-19-12(16)13(2,14)8-9-20-11-7-5-4-6-10(11)15(17)18/h4-7H,3,8-9,14H2,1-2H3. The zero-order valence-corrected chi connectivity index (χ0v) is 11.5. The Balaban J connectivity index is 2.61. The van der Waals surface area contributed by atoms with Crippen LogP contribution in [0.15, 0.2) is 24.3 Å². The molecular formula is C13H18N2O5. The predicted molar refractivity (Wildman–Crippen MR) is 72.4 cm³/mol. The number of nitrogens with two attached hydrogens (primary N) is 1. The molecule has 7 heteroatoms. The van der Waals surface area contributed by atoms with Crippen molar-refractivity contribution in [2.75, 3.05) is 13.2 Å². The molecule has 0 spiro atoms. The summed E-state index contributed by atoms with van der Waals surface area (Å²) in [6.07, 6.45) is 0.192. The predicted octanol–water partition coefficient (Wildman–Crippen LogP) is 1.64. The Bertz CT molecular complexity index is 487. The molecule has 0 fully saturated rings. The van der Waals surface area contributed by atoms with Crippen LogP contribution >= 0.6 is 0 Å². The lowest BCUT2D eigenvalue weighted by molar-refractivity contribution is -0.385. The summed E-state index contributed by atoms with van der Waals surface area (Å²) >= 11 is 0. The summed E-state index contributed by atoms with van der Waals surface area (Å²) < 4.78 is 10.2. The molecule has 1 atom stereocenters. The van der Waals surface area contributed by atoms with E-state index < -0.39 is 16.4 Å². The fourth-order valence-corrected chi connectivity index (χ4v) is 1.50. The third-order valence-corrected chi connectivity index (χ3v) is 2.68. The molecule has 0 bridgehead atoms. The number of nitro benzene ring substituents is 1. The zero-order chi connectivity index (χ0) is 15.2. The maximum atomic E-state index is 11.6. The van der Waals surface area contributed by atoms with Crippen molar-refractivity contribution in [3.63, 3.8) is 0 Å². The highest BCUT2D eigenvalue weighted by atomic mass is 16.6. The second kappa shape index (κ2) is 6.85. The molecule has 0 heterocycles. The number of ether oxygens (including phenoxy) is 2. The van der Waals surface area contributed by atoms with E-state index in [-0.39, 0.29) is 31.1 Å². The summed E-state index contributed by atoms with van der Waals surface area (Å²) in [5, 5.41) is 10.8. The molecule has 0 aliphatic heterocycles. The summed E-state index contributed by atoms with van der Waals surface area (Å²) in [6, 6.07) is 6.03. The third-order valence-electron chi connectivity index (χ3n) is 2.68. The van der Waals surface area contributed by atoms with Crippen LogP contribution in [0.5, 0.6) is 5.75 Å². The average molecular weight is 282 g/mol. The minimum absolute atomic E-state index is 0.0800. The number of esters is 1. The van der Waals surface area contributed by atoms with Gasteiger partial charge >= 0.3 is 11.7 Å². The van der Waals surface area contributed by atoms with E-state index in [1.165, 1.54) is 19.1 Å². The molecule has 1 aromatic carbocycles. The van der Waals surface area contributed by atoms with Crippen molar-refractivity contribution in [3.05, 3.63) is 34.4 Å². The van der Waals surface area contributed by atoms with Gasteiger partial charge in [0.15, 0.2) is 5.75 Å². The Labute approximate surface area is 116 Å². The molecule has 20 heavy (non-hydrogen) atoms. The number of nitrogens with zero attached hydrogens (tertiary/aromatic N) is 1. The maximum absolute atomic E-state index is 11.6. The summed E-state index contributed by atoms with van der Waals surface area (Å²) in [7, 11) is 0. The number of hydrogen-bond acceptors (Lipinski definition) is 6. The van der Waals surface area contributed by atoms with E-state index in [0.29, 0.717) is 0 Å². The normalized spacial score (nSPS) is 13.3. The van der Waals surface area contributed by atoms with Crippen molar-refractivity contribution >= 4 is 11.7 Å². The molecule has 1 rings (SSSR count). The number of hydrogen-bond donors (Lipinski definition) is 1. The highest BCUT2D eigenvalue weighted by Gasteiger charge is 2.30. The molecule has 0 amide bonds. The van der Waals surface area contributed by atoms with Gasteiger partial charge in [-0.25, -0.2) is 0 Å². The number of para-hydroxylation sites is 2. The number of nitro groups is 1. The number of rotatable bonds is 7. The van der Waals surface area contributed by atoms with Crippen molar-refractivity contribution < 1.29 is 19.2 Å². The first kappa shape index (κ1) is 15.9. The first-order valence-electron chi connectivity index (χ1n) is 6.21. The van der Waals surface area contributed by atoms with E-state index in [1.807, 2.05) is 0 Å². The van der Waals surface area contributed by atoms with Crippen molar-refractivity contribution in [2.45, 2.75) is 25.8 Å². The summed E-state index contributed by atoms with van der Waals surface area (Å²) in [6.45, 7) is 3.55. The Morgan fingerprint density at radius 3 is 2.70 bits per heavy atom. The molecule has 1 unspecified atom stereocenters. The smallest absolute Gasteiger partial charge is 0.325 e. The molecule has 110 valence electrons. The van der Waals surface area contributed by atoms with E-state index in [0.717, 1.165) is 0 Å². The van der Waals surface area contributed by atoms with Crippen LogP contribution in [0.3, 0.4) is 0 Å². The Hall–Kier alpha value is -2.15. The Morgan fingerprint density at radius 1 is 1.45 bits per heavy atom. The summed E-state index contributed by atoms with van der Waals surface area (Å²) in [5.41, 5.74) is 4.52. The number of carbonyl (C=O) groups excluding carboxylic acids is 1. The lowest BCUT2D eigenvalue weighted by atomic mass is 10.0. The second-order valence-corrected chi connectivity index (χ2v) is 4.46. The fraction of sp³-hybridized carbons (Fsp3) is 0.462. The van der Waals surface area contributed by atoms with Gasteiger partial charge in [0.05, 0.1) is 18.1 Å². The van der Waals surface area contributed by atoms with E-state index >= 15 is 0 Å². The van der Waals surface area contributed by atoms with E-state index in [2.05, 4.69) is 0 Å². The zero-order valence-electron chi connectivity index (χ0n) is 11.5. The van der Waals surface area contributed by atoms with Gasteiger partial charge < -0.3 is 15.2 Å². The van der Waals surface area contributed by atoms with Crippen LogP contribution in [0.2, 0.25) is 0 Å². The first-order valence-corrected chi connectivity index (χ1v) is 6.21. The van der Waals surface area contributed by atoms with Crippen LogP contribution in [-0.4, -0.2) is 29.6 Å². The molecular weight excluding hydrogens is 264 g/mol. The first-order chi connectivity index (χ1) is 9.38. The fourth-order valence-electron chi connectivity index (χ4n) is 1.50. The van der Waals surface area contributed by atoms with Crippen LogP contribution in [-0.2, 0) is 9.53 Å². The van der Waals surface area contributed by atoms with Gasteiger partial charge in [-0.2, -0.15) is 0 Å². The Morgan fingerprint density at radius 2 is 2.10 bits per heavy atom.